The van der Waals surface area contributed by atoms with Crippen LogP contribution in [0.5, 0.6) is 11.6 Å². The van der Waals surface area contributed by atoms with Crippen LogP contribution in [0, 0.1) is 11.8 Å². The van der Waals surface area contributed by atoms with Gasteiger partial charge in [-0.05, 0) is 61.9 Å². The highest BCUT2D eigenvalue weighted by atomic mass is 35.5. The molecule has 1 aliphatic carbocycles. The van der Waals surface area contributed by atoms with Crippen LogP contribution in [0.25, 0.3) is 22.3 Å². The number of anilines is 1. The summed E-state index contributed by atoms with van der Waals surface area (Å²) >= 11 is 5.90. The number of amides is 1. The van der Waals surface area contributed by atoms with E-state index in [4.69, 9.17) is 32.3 Å². The summed E-state index contributed by atoms with van der Waals surface area (Å²) in [7, 11) is 0. The van der Waals surface area contributed by atoms with Crippen molar-refractivity contribution in [1.29, 1.82) is 0 Å². The monoisotopic (exact) mass is 529 g/mol. The molecular weight excluding hydrogens is 506 g/mol. The van der Waals surface area contributed by atoms with E-state index in [1.807, 2.05) is 33.8 Å². The van der Waals surface area contributed by atoms with Gasteiger partial charge in [-0.3, -0.25) is 4.79 Å². The normalized spacial score (nSPS) is 17.7. The average Bonchev–Trinajstić information content (AvgIpc) is 3.59. The lowest BCUT2D eigenvalue weighted by molar-refractivity contribution is -0.130. The van der Waals surface area contributed by atoms with Crippen molar-refractivity contribution in [3.8, 4) is 34.7 Å². The van der Waals surface area contributed by atoms with Gasteiger partial charge in [0.15, 0.2) is 5.65 Å². The molecule has 3 N–H and O–H groups in total. The molecule has 4 heterocycles. The summed E-state index contributed by atoms with van der Waals surface area (Å²) in [5.74, 6) is 6.15. The van der Waals surface area contributed by atoms with Gasteiger partial charge < -0.3 is 20.5 Å². The van der Waals surface area contributed by atoms with Gasteiger partial charge in [-0.2, -0.15) is 5.10 Å². The number of carbonyl (C=O) groups excluding carboxylic acids is 1. The van der Waals surface area contributed by atoms with Crippen molar-refractivity contribution in [3.63, 3.8) is 0 Å². The molecule has 11 heteroatoms. The largest absolute Gasteiger partial charge is 0.439 e. The summed E-state index contributed by atoms with van der Waals surface area (Å²) in [5, 5.41) is 15.2. The Labute approximate surface area is 223 Å². The molecule has 0 radical (unpaired) electrons. The second-order valence-electron chi connectivity index (χ2n) is 9.48. The lowest BCUT2D eigenvalue weighted by Crippen LogP contribution is -2.48. The van der Waals surface area contributed by atoms with E-state index in [0.29, 0.717) is 45.7 Å². The average molecular weight is 530 g/mol. The summed E-state index contributed by atoms with van der Waals surface area (Å²) in [6.07, 6.45) is 6.58. The Morgan fingerprint density at radius 1 is 1.16 bits per heavy atom. The maximum atomic E-state index is 12.9. The van der Waals surface area contributed by atoms with Gasteiger partial charge in [-0.1, -0.05) is 17.5 Å². The lowest BCUT2D eigenvalue weighted by atomic mass is 9.96. The number of pyridine rings is 1. The number of hydrogen-bond acceptors (Lipinski definition) is 8. The van der Waals surface area contributed by atoms with Crippen molar-refractivity contribution in [1.82, 2.24) is 29.6 Å². The van der Waals surface area contributed by atoms with Crippen LogP contribution < -0.4 is 10.5 Å². The molecule has 1 amide bonds. The zero-order chi connectivity index (χ0) is 26.3. The third kappa shape index (κ3) is 4.40. The van der Waals surface area contributed by atoms with E-state index in [1.54, 1.807) is 12.1 Å². The topological polar surface area (TPSA) is 132 Å². The Kier molecular flexibility index (Phi) is 6.10. The number of nitrogen functional groups attached to an aromatic ring is 1. The molecule has 2 fully saturated rings. The number of aliphatic hydroxyl groups excluding tert-OH is 1. The molecule has 1 atom stereocenters. The number of benzene rings is 1. The van der Waals surface area contributed by atoms with E-state index in [2.05, 4.69) is 26.8 Å². The summed E-state index contributed by atoms with van der Waals surface area (Å²) in [5.41, 5.74) is 8.27. The van der Waals surface area contributed by atoms with Gasteiger partial charge in [-0.25, -0.2) is 19.6 Å². The molecule has 1 aromatic carbocycles. The molecule has 3 aromatic heterocycles. The quantitative estimate of drug-likeness (QED) is 0.383. The summed E-state index contributed by atoms with van der Waals surface area (Å²) in [6.45, 7) is 0.110. The van der Waals surface area contributed by atoms with Crippen LogP contribution in [-0.2, 0) is 4.79 Å². The smallest absolute Gasteiger partial charge is 0.299 e. The van der Waals surface area contributed by atoms with E-state index in [-0.39, 0.29) is 24.1 Å². The predicted octanol–water partition coefficient (Wildman–Crippen LogP) is 3.61. The van der Waals surface area contributed by atoms with Gasteiger partial charge in [0.25, 0.3) is 5.91 Å². The Morgan fingerprint density at radius 2 is 1.97 bits per heavy atom. The van der Waals surface area contributed by atoms with Crippen LogP contribution in [0.1, 0.15) is 31.7 Å². The van der Waals surface area contributed by atoms with Crippen molar-refractivity contribution >= 4 is 34.4 Å². The highest BCUT2D eigenvalue weighted by Gasteiger charge is 2.53. The number of fused-ring (bicyclic) bond motifs is 1. The van der Waals surface area contributed by atoms with Gasteiger partial charge in [0.05, 0.1) is 16.5 Å². The summed E-state index contributed by atoms with van der Waals surface area (Å²) < 4.78 is 7.68. The van der Waals surface area contributed by atoms with Gasteiger partial charge in [0.2, 0.25) is 5.88 Å². The fourth-order valence-corrected chi connectivity index (χ4v) is 5.20. The van der Waals surface area contributed by atoms with Gasteiger partial charge >= 0.3 is 0 Å². The first-order valence-electron chi connectivity index (χ1n) is 12.3. The fourth-order valence-electron chi connectivity index (χ4n) is 5.09. The number of halogens is 1. The second-order valence-corrected chi connectivity index (χ2v) is 9.92. The number of nitrogens with two attached hydrogens (primary N) is 1. The van der Waals surface area contributed by atoms with E-state index in [1.165, 1.54) is 12.5 Å². The van der Waals surface area contributed by atoms with E-state index in [0.717, 1.165) is 31.2 Å². The first-order valence-corrected chi connectivity index (χ1v) is 12.6. The minimum absolute atomic E-state index is 0.106. The van der Waals surface area contributed by atoms with Crippen LogP contribution in [0.15, 0.2) is 48.9 Å². The number of carbonyl (C=O) groups is 1. The van der Waals surface area contributed by atoms with Crippen molar-refractivity contribution in [2.24, 2.45) is 0 Å². The van der Waals surface area contributed by atoms with Crippen LogP contribution in [0.4, 0.5) is 5.82 Å². The molecule has 1 aliphatic heterocycles. The number of aromatic nitrogens is 5. The molecule has 1 unspecified atom stereocenters. The highest BCUT2D eigenvalue weighted by Crippen LogP contribution is 2.50. The standard InChI is InChI=1S/C27H24ClN7O3/c28-18-5-8-21(30-14-18)38-20-6-3-17(4-7-20)24-23-25(29)31-16-32-26(23)35(33-24)19-9-10-27(11-12-27)34(15-19)22(37)2-1-13-36/h3-8,14,16,19,36H,9-13,15H2,(H2,29,31,32). The zero-order valence-corrected chi connectivity index (χ0v) is 21.1. The fraction of sp³-hybridized carbons (Fsp3) is 0.296. The first kappa shape index (κ1) is 24.2. The Balaban J connectivity index is 1.32. The number of likely N-dealkylation sites (tertiary alicyclic amines) is 1. The maximum absolute atomic E-state index is 12.9. The molecule has 4 aromatic rings. The second kappa shape index (κ2) is 9.59. The number of nitrogens with zero attached hydrogens (tertiary/aromatic N) is 6. The number of piperidine rings is 1. The molecule has 1 spiro atoms. The highest BCUT2D eigenvalue weighted by molar-refractivity contribution is 6.30. The molecule has 2 aliphatic rings. The Hall–Kier alpha value is -4.20. The van der Waals surface area contributed by atoms with Crippen LogP contribution in [0.3, 0.4) is 0 Å². The van der Waals surface area contributed by atoms with Crippen LogP contribution in [0.2, 0.25) is 5.02 Å². The van der Waals surface area contributed by atoms with Crippen molar-refractivity contribution in [3.05, 3.63) is 53.9 Å². The SMILES string of the molecule is Nc1ncnc2c1c(-c1ccc(Oc3ccc(Cl)cn3)cc1)nn2C1CCC2(CC2)N(C(=O)C#CCO)C1. The van der Waals surface area contributed by atoms with E-state index >= 15 is 0 Å². The van der Waals surface area contributed by atoms with Crippen molar-refractivity contribution < 1.29 is 14.6 Å². The predicted molar refractivity (Wildman–Crippen MR) is 141 cm³/mol. The third-order valence-electron chi connectivity index (χ3n) is 7.17. The minimum atomic E-state index is -0.348. The number of aliphatic hydroxyl groups is 1. The molecule has 0 bridgehead atoms. The molecule has 192 valence electrons. The molecule has 1 saturated heterocycles. The van der Waals surface area contributed by atoms with Crippen LogP contribution in [-0.4, -0.2) is 59.3 Å². The minimum Gasteiger partial charge on any atom is -0.439 e. The summed E-state index contributed by atoms with van der Waals surface area (Å²) in [6, 6.07) is 10.7. The third-order valence-corrected chi connectivity index (χ3v) is 7.39. The van der Waals surface area contributed by atoms with Gasteiger partial charge in [-0.15, -0.1) is 0 Å². The van der Waals surface area contributed by atoms with Gasteiger partial charge in [0.1, 0.15) is 30.2 Å². The maximum Gasteiger partial charge on any atom is 0.299 e. The number of rotatable bonds is 4. The molecule has 38 heavy (non-hydrogen) atoms. The van der Waals surface area contributed by atoms with E-state index in [9.17, 15) is 4.79 Å². The number of hydrogen-bond donors (Lipinski definition) is 2. The zero-order valence-electron chi connectivity index (χ0n) is 20.3. The Morgan fingerprint density at radius 3 is 2.68 bits per heavy atom. The lowest BCUT2D eigenvalue weighted by Gasteiger charge is -2.39. The molecular formula is C27H24ClN7O3. The molecule has 6 rings (SSSR count). The van der Waals surface area contributed by atoms with Crippen molar-refractivity contribution in [2.75, 3.05) is 18.9 Å². The first-order chi connectivity index (χ1) is 18.5. The summed E-state index contributed by atoms with van der Waals surface area (Å²) in [4.78, 5) is 27.6. The van der Waals surface area contributed by atoms with Crippen molar-refractivity contribution in [2.45, 2.75) is 37.3 Å². The van der Waals surface area contributed by atoms with Gasteiger partial charge in [0, 0.05) is 29.9 Å². The van der Waals surface area contributed by atoms with E-state index < -0.39 is 0 Å². The van der Waals surface area contributed by atoms with Crippen LogP contribution >= 0.6 is 11.6 Å². The molecule has 1 saturated carbocycles. The Bertz CT molecular complexity index is 1570. The number of ether oxygens (including phenoxy) is 1. The molecule has 10 nitrogen and oxygen atoms in total.